The maximum atomic E-state index is 13.9. The smallest absolute Gasteiger partial charge is 0.256 e. The lowest BCUT2D eigenvalue weighted by atomic mass is 10.1. The molecule has 1 aliphatic heterocycles. The number of benzene rings is 2. The fraction of sp³-hybridized carbons (Fsp3) is 0.211. The van der Waals surface area contributed by atoms with Gasteiger partial charge < -0.3 is 14.9 Å². The molecule has 0 saturated carbocycles. The summed E-state index contributed by atoms with van der Waals surface area (Å²) in [6.45, 7) is 2.13. The number of halogens is 1. The van der Waals surface area contributed by atoms with Crippen LogP contribution in [0.1, 0.15) is 10.4 Å². The van der Waals surface area contributed by atoms with Gasteiger partial charge in [-0.25, -0.2) is 4.39 Å². The number of carbonyl (C=O) groups is 1. The van der Waals surface area contributed by atoms with E-state index >= 15 is 0 Å². The first kappa shape index (κ1) is 16.3. The lowest BCUT2D eigenvalue weighted by Gasteiger charge is -2.36. The molecular weight excluding hydrogens is 335 g/mol. The number of carbonyl (C=O) groups excluding carboxylic acids is 1. The number of phenols is 1. The fourth-order valence-corrected chi connectivity index (χ4v) is 3.26. The van der Waals surface area contributed by atoms with E-state index in [-0.39, 0.29) is 17.2 Å². The van der Waals surface area contributed by atoms with Crippen LogP contribution >= 0.6 is 0 Å². The Bertz CT molecular complexity index is 971. The lowest BCUT2D eigenvalue weighted by molar-refractivity contribution is 0.0748. The molecule has 0 radical (unpaired) electrons. The second-order valence-corrected chi connectivity index (χ2v) is 6.15. The fourth-order valence-electron chi connectivity index (χ4n) is 3.26. The number of rotatable bonds is 2. The number of aromatic hydroxyl groups is 1. The highest BCUT2D eigenvalue weighted by Gasteiger charge is 2.25. The van der Waals surface area contributed by atoms with Gasteiger partial charge in [-0.2, -0.15) is 0 Å². The van der Waals surface area contributed by atoms with Crippen LogP contribution in [0.3, 0.4) is 0 Å². The van der Waals surface area contributed by atoms with Crippen LogP contribution in [0.15, 0.2) is 48.8 Å². The van der Waals surface area contributed by atoms with Crippen LogP contribution < -0.4 is 4.90 Å². The van der Waals surface area contributed by atoms with Crippen LogP contribution in [0, 0.1) is 5.82 Å². The van der Waals surface area contributed by atoms with Crippen molar-refractivity contribution in [3.8, 4) is 5.75 Å². The number of para-hydroxylation sites is 2. The van der Waals surface area contributed by atoms with Crippen LogP contribution in [0.4, 0.5) is 10.1 Å². The molecule has 0 spiro atoms. The predicted molar refractivity (Wildman–Crippen MR) is 95.7 cm³/mol. The molecule has 1 amide bonds. The first-order chi connectivity index (χ1) is 12.6. The number of nitrogens with zero attached hydrogens (tertiary/aromatic N) is 4. The number of hydrogen-bond donors (Lipinski definition) is 1. The van der Waals surface area contributed by atoms with Crippen LogP contribution in [0.5, 0.6) is 5.75 Å². The monoisotopic (exact) mass is 352 g/mol. The zero-order valence-corrected chi connectivity index (χ0v) is 14.0. The van der Waals surface area contributed by atoms with E-state index in [1.54, 1.807) is 17.0 Å². The number of fused-ring (bicyclic) bond motifs is 1. The van der Waals surface area contributed by atoms with Gasteiger partial charge in [0.15, 0.2) is 0 Å². The molecule has 2 heterocycles. The van der Waals surface area contributed by atoms with Crippen molar-refractivity contribution < 1.29 is 14.3 Å². The molecule has 1 N–H and O–H groups in total. The minimum absolute atomic E-state index is 0.221. The topological polar surface area (TPSA) is 69.6 Å². The lowest BCUT2D eigenvalue weighted by Crippen LogP contribution is -2.48. The first-order valence-electron chi connectivity index (χ1n) is 8.36. The van der Waals surface area contributed by atoms with Gasteiger partial charge in [-0.3, -0.25) is 14.8 Å². The Balaban J connectivity index is 1.55. The Hall–Kier alpha value is -3.22. The average Bonchev–Trinajstić information content (AvgIpc) is 2.67. The summed E-state index contributed by atoms with van der Waals surface area (Å²) in [4.78, 5) is 24.9. The molecule has 0 bridgehead atoms. The summed E-state index contributed by atoms with van der Waals surface area (Å²) in [5, 5.41) is 9.99. The maximum Gasteiger partial charge on any atom is 0.256 e. The second-order valence-electron chi connectivity index (χ2n) is 6.15. The van der Waals surface area contributed by atoms with Crippen molar-refractivity contribution in [1.29, 1.82) is 0 Å². The van der Waals surface area contributed by atoms with E-state index in [1.807, 2.05) is 17.0 Å². The van der Waals surface area contributed by atoms with Gasteiger partial charge in [0.25, 0.3) is 5.91 Å². The summed E-state index contributed by atoms with van der Waals surface area (Å²) in [6.07, 6.45) is 2.97. The number of anilines is 1. The van der Waals surface area contributed by atoms with Gasteiger partial charge in [0.05, 0.1) is 16.8 Å². The normalized spacial score (nSPS) is 14.7. The minimum Gasteiger partial charge on any atom is -0.506 e. The van der Waals surface area contributed by atoms with E-state index in [1.165, 1.54) is 24.5 Å². The number of phenolic OH excluding ortho intramolecular Hbond substituents is 1. The number of amides is 1. The largest absolute Gasteiger partial charge is 0.506 e. The van der Waals surface area contributed by atoms with Crippen LogP contribution in [-0.2, 0) is 0 Å². The number of hydrogen-bond acceptors (Lipinski definition) is 5. The molecule has 1 aliphatic rings. The molecule has 1 saturated heterocycles. The van der Waals surface area contributed by atoms with Crippen molar-refractivity contribution in [3.05, 3.63) is 60.2 Å². The quantitative estimate of drug-likeness (QED) is 0.767. The van der Waals surface area contributed by atoms with Crippen molar-refractivity contribution in [2.24, 2.45) is 0 Å². The van der Waals surface area contributed by atoms with Crippen LogP contribution in [0.25, 0.3) is 11.0 Å². The van der Waals surface area contributed by atoms with Gasteiger partial charge >= 0.3 is 0 Å². The SMILES string of the molecule is O=C(c1cc(F)cc2nccnc12)N1CCN(c2ccccc2O)CC1. The first-order valence-corrected chi connectivity index (χ1v) is 8.36. The standard InChI is InChI=1S/C19H17FN4O2/c20-13-11-14(18-15(12-13)21-5-6-22-18)19(26)24-9-7-23(8-10-24)16-3-1-2-4-17(16)25/h1-6,11-12,25H,7-10H2. The van der Waals surface area contributed by atoms with Gasteiger partial charge in [-0.1, -0.05) is 12.1 Å². The zero-order valence-electron chi connectivity index (χ0n) is 14.0. The van der Waals surface area contributed by atoms with E-state index in [0.717, 1.165) is 5.69 Å². The molecule has 0 aliphatic carbocycles. The summed E-state index contributed by atoms with van der Waals surface area (Å²) in [7, 11) is 0. The maximum absolute atomic E-state index is 13.9. The molecule has 1 aromatic heterocycles. The van der Waals surface area contributed by atoms with Gasteiger partial charge in [-0.15, -0.1) is 0 Å². The molecule has 7 heteroatoms. The highest BCUT2D eigenvalue weighted by Crippen LogP contribution is 2.27. The summed E-state index contributed by atoms with van der Waals surface area (Å²) >= 11 is 0. The van der Waals surface area contributed by atoms with Crippen molar-refractivity contribution in [1.82, 2.24) is 14.9 Å². The van der Waals surface area contributed by atoms with Crippen molar-refractivity contribution in [2.75, 3.05) is 31.1 Å². The average molecular weight is 352 g/mol. The number of aromatic nitrogens is 2. The van der Waals surface area contributed by atoms with Gasteiger partial charge in [0.1, 0.15) is 17.1 Å². The molecule has 1 fully saturated rings. The van der Waals surface area contributed by atoms with E-state index < -0.39 is 5.82 Å². The minimum atomic E-state index is -0.505. The molecule has 4 rings (SSSR count). The third-order valence-electron chi connectivity index (χ3n) is 4.56. The van der Waals surface area contributed by atoms with Crippen molar-refractivity contribution in [3.63, 3.8) is 0 Å². The molecule has 0 unspecified atom stereocenters. The van der Waals surface area contributed by atoms with Crippen molar-refractivity contribution in [2.45, 2.75) is 0 Å². The highest BCUT2D eigenvalue weighted by atomic mass is 19.1. The summed E-state index contributed by atoms with van der Waals surface area (Å²) in [5.74, 6) is -0.542. The third kappa shape index (κ3) is 2.92. The third-order valence-corrected chi connectivity index (χ3v) is 4.56. The molecule has 3 aromatic rings. The van der Waals surface area contributed by atoms with Crippen LogP contribution in [0.2, 0.25) is 0 Å². The van der Waals surface area contributed by atoms with E-state index in [4.69, 9.17) is 0 Å². The summed E-state index contributed by atoms with van der Waals surface area (Å²) in [6, 6.07) is 9.62. The van der Waals surface area contributed by atoms with E-state index in [2.05, 4.69) is 9.97 Å². The second kappa shape index (κ2) is 6.59. The molecule has 0 atom stereocenters. The van der Waals surface area contributed by atoms with Crippen LogP contribution in [-0.4, -0.2) is 52.1 Å². The Morgan fingerprint density at radius 3 is 2.54 bits per heavy atom. The van der Waals surface area contributed by atoms with E-state index in [9.17, 15) is 14.3 Å². The Morgan fingerprint density at radius 2 is 1.77 bits per heavy atom. The molecule has 132 valence electrons. The summed E-state index contributed by atoms with van der Waals surface area (Å²) < 4.78 is 13.9. The van der Waals surface area contributed by atoms with E-state index in [0.29, 0.717) is 37.2 Å². The predicted octanol–water partition coefficient (Wildman–Crippen LogP) is 2.44. The molecule has 26 heavy (non-hydrogen) atoms. The Kier molecular flexibility index (Phi) is 4.12. The highest BCUT2D eigenvalue weighted by molar-refractivity contribution is 6.04. The zero-order chi connectivity index (χ0) is 18.1. The van der Waals surface area contributed by atoms with Gasteiger partial charge in [0, 0.05) is 44.6 Å². The molecule has 6 nitrogen and oxygen atoms in total. The number of piperazine rings is 1. The van der Waals surface area contributed by atoms with Gasteiger partial charge in [-0.05, 0) is 18.2 Å². The summed E-state index contributed by atoms with van der Waals surface area (Å²) in [5.41, 5.74) is 1.75. The molecule has 2 aromatic carbocycles. The molecular formula is C19H17FN4O2. The Morgan fingerprint density at radius 1 is 1.04 bits per heavy atom. The van der Waals surface area contributed by atoms with Crippen molar-refractivity contribution >= 4 is 22.6 Å². The Labute approximate surface area is 149 Å². The van der Waals surface area contributed by atoms with Gasteiger partial charge in [0.2, 0.25) is 0 Å².